The highest BCUT2D eigenvalue weighted by Gasteiger charge is 2.12. The Morgan fingerprint density at radius 2 is 2.13 bits per heavy atom. The molecule has 15 heavy (non-hydrogen) atoms. The summed E-state index contributed by atoms with van der Waals surface area (Å²) in [5, 5.41) is 0. The molecule has 3 nitrogen and oxygen atoms in total. The zero-order valence-electron chi connectivity index (χ0n) is 10.3. The number of rotatable bonds is 4. The monoisotopic (exact) mass is 209 g/mol. The predicted molar refractivity (Wildman–Crippen MR) is 63.7 cm³/mol. The first-order valence-electron chi connectivity index (χ1n) is 5.64. The Hall–Kier alpha value is -0.830. The molecule has 0 aliphatic heterocycles. The molecule has 0 saturated carbocycles. The number of aryl methyl sites for hydroxylation is 1. The van der Waals surface area contributed by atoms with E-state index in [1.165, 1.54) is 0 Å². The molecule has 0 fully saturated rings. The van der Waals surface area contributed by atoms with E-state index in [2.05, 4.69) is 30.3 Å². The van der Waals surface area contributed by atoms with E-state index in [0.29, 0.717) is 5.41 Å². The molecule has 0 bridgehead atoms. The molecule has 86 valence electrons. The summed E-state index contributed by atoms with van der Waals surface area (Å²) in [7, 11) is 0. The van der Waals surface area contributed by atoms with Crippen molar-refractivity contribution in [2.24, 2.45) is 11.1 Å². The maximum atomic E-state index is 5.78. The van der Waals surface area contributed by atoms with Crippen molar-refractivity contribution in [3.05, 3.63) is 18.2 Å². The number of nitrogens with two attached hydrogens (primary N) is 1. The highest BCUT2D eigenvalue weighted by molar-refractivity contribution is 4.94. The Labute approximate surface area is 92.7 Å². The normalized spacial score (nSPS) is 14.2. The van der Waals surface area contributed by atoms with E-state index in [4.69, 9.17) is 5.73 Å². The van der Waals surface area contributed by atoms with Gasteiger partial charge in [0.15, 0.2) is 0 Å². The van der Waals surface area contributed by atoms with Crippen LogP contribution in [-0.4, -0.2) is 15.6 Å². The minimum Gasteiger partial charge on any atom is -0.335 e. The van der Waals surface area contributed by atoms with Crippen LogP contribution in [0.4, 0.5) is 0 Å². The van der Waals surface area contributed by atoms with E-state index in [1.807, 2.05) is 19.3 Å². The van der Waals surface area contributed by atoms with Crippen molar-refractivity contribution >= 4 is 0 Å². The summed E-state index contributed by atoms with van der Waals surface area (Å²) < 4.78 is 2.22. The van der Waals surface area contributed by atoms with Gasteiger partial charge in [-0.3, -0.25) is 0 Å². The second-order valence-electron chi connectivity index (χ2n) is 5.53. The fourth-order valence-electron chi connectivity index (χ4n) is 1.48. The van der Waals surface area contributed by atoms with Crippen molar-refractivity contribution in [1.82, 2.24) is 9.55 Å². The first-order chi connectivity index (χ1) is 6.88. The van der Waals surface area contributed by atoms with E-state index >= 15 is 0 Å². The van der Waals surface area contributed by atoms with Crippen LogP contribution in [0.15, 0.2) is 12.4 Å². The lowest BCUT2D eigenvalue weighted by Gasteiger charge is -2.19. The van der Waals surface area contributed by atoms with Crippen LogP contribution in [-0.2, 0) is 13.0 Å². The molecule has 1 heterocycles. The van der Waals surface area contributed by atoms with Crippen LogP contribution in [0.5, 0.6) is 0 Å². The van der Waals surface area contributed by atoms with E-state index < -0.39 is 0 Å². The summed E-state index contributed by atoms with van der Waals surface area (Å²) in [6, 6.07) is 0.181. The standard InChI is InChI=1S/C12H23N3/c1-10(13)9-11-14-6-8-15(11)7-5-12(2,3)4/h6,8,10H,5,7,9,13H2,1-4H3. The molecule has 0 aromatic carbocycles. The lowest BCUT2D eigenvalue weighted by Crippen LogP contribution is -2.21. The van der Waals surface area contributed by atoms with Gasteiger partial charge in [-0.05, 0) is 18.8 Å². The molecule has 2 N–H and O–H groups in total. The van der Waals surface area contributed by atoms with Crippen LogP contribution in [0.1, 0.15) is 39.9 Å². The number of aromatic nitrogens is 2. The van der Waals surface area contributed by atoms with Crippen LogP contribution in [0, 0.1) is 5.41 Å². The van der Waals surface area contributed by atoms with Gasteiger partial charge in [0.2, 0.25) is 0 Å². The molecule has 1 atom stereocenters. The molecular weight excluding hydrogens is 186 g/mol. The SMILES string of the molecule is CC(N)Cc1nccn1CCC(C)(C)C. The summed E-state index contributed by atoms with van der Waals surface area (Å²) in [6.45, 7) is 9.83. The van der Waals surface area contributed by atoms with Gasteiger partial charge in [0, 0.05) is 31.4 Å². The molecule has 1 aromatic heterocycles. The Balaban J connectivity index is 2.57. The second kappa shape index (κ2) is 4.79. The summed E-state index contributed by atoms with van der Waals surface area (Å²) in [5.41, 5.74) is 6.15. The molecule has 1 unspecified atom stereocenters. The average Bonchev–Trinajstić information content (AvgIpc) is 2.46. The molecular formula is C12H23N3. The number of imidazole rings is 1. The van der Waals surface area contributed by atoms with Crippen molar-refractivity contribution in [2.45, 2.75) is 53.1 Å². The topological polar surface area (TPSA) is 43.8 Å². The van der Waals surface area contributed by atoms with Crippen LogP contribution in [0.2, 0.25) is 0 Å². The van der Waals surface area contributed by atoms with E-state index in [1.54, 1.807) is 0 Å². The van der Waals surface area contributed by atoms with Crippen molar-refractivity contribution in [2.75, 3.05) is 0 Å². The molecule has 0 amide bonds. The van der Waals surface area contributed by atoms with Gasteiger partial charge in [-0.1, -0.05) is 20.8 Å². The minimum absolute atomic E-state index is 0.181. The van der Waals surface area contributed by atoms with Crippen LogP contribution >= 0.6 is 0 Å². The smallest absolute Gasteiger partial charge is 0.110 e. The molecule has 0 radical (unpaired) electrons. The minimum atomic E-state index is 0.181. The van der Waals surface area contributed by atoms with Gasteiger partial charge in [-0.2, -0.15) is 0 Å². The number of hydrogen-bond acceptors (Lipinski definition) is 2. The molecule has 1 aromatic rings. The van der Waals surface area contributed by atoms with Crippen LogP contribution in [0.3, 0.4) is 0 Å². The maximum Gasteiger partial charge on any atom is 0.110 e. The third kappa shape index (κ3) is 4.47. The lowest BCUT2D eigenvalue weighted by atomic mass is 9.92. The van der Waals surface area contributed by atoms with E-state index in [-0.39, 0.29) is 6.04 Å². The largest absolute Gasteiger partial charge is 0.335 e. The quantitative estimate of drug-likeness (QED) is 0.826. The Bertz CT molecular complexity index is 294. The molecule has 0 spiro atoms. The van der Waals surface area contributed by atoms with Gasteiger partial charge in [0.05, 0.1) is 0 Å². The van der Waals surface area contributed by atoms with Gasteiger partial charge in [-0.25, -0.2) is 4.98 Å². The fraction of sp³-hybridized carbons (Fsp3) is 0.750. The second-order valence-corrected chi connectivity index (χ2v) is 5.53. The summed E-state index contributed by atoms with van der Waals surface area (Å²) in [6.07, 6.45) is 5.93. The van der Waals surface area contributed by atoms with Gasteiger partial charge in [0.25, 0.3) is 0 Å². The molecule has 0 aliphatic carbocycles. The lowest BCUT2D eigenvalue weighted by molar-refractivity contribution is 0.347. The molecule has 0 saturated heterocycles. The third-order valence-corrected chi connectivity index (χ3v) is 2.41. The number of hydrogen-bond donors (Lipinski definition) is 1. The van der Waals surface area contributed by atoms with E-state index in [0.717, 1.165) is 25.2 Å². The zero-order chi connectivity index (χ0) is 11.5. The zero-order valence-corrected chi connectivity index (χ0v) is 10.3. The van der Waals surface area contributed by atoms with E-state index in [9.17, 15) is 0 Å². The van der Waals surface area contributed by atoms with Gasteiger partial charge < -0.3 is 10.3 Å². The van der Waals surface area contributed by atoms with Crippen molar-refractivity contribution in [3.63, 3.8) is 0 Å². The molecule has 1 rings (SSSR count). The first kappa shape index (κ1) is 12.2. The van der Waals surface area contributed by atoms with Crippen LogP contribution < -0.4 is 5.73 Å². The Morgan fingerprint density at radius 3 is 2.67 bits per heavy atom. The highest BCUT2D eigenvalue weighted by atomic mass is 15.1. The van der Waals surface area contributed by atoms with Gasteiger partial charge >= 0.3 is 0 Å². The summed E-state index contributed by atoms with van der Waals surface area (Å²) in [5.74, 6) is 1.11. The van der Waals surface area contributed by atoms with Gasteiger partial charge in [-0.15, -0.1) is 0 Å². The predicted octanol–water partition coefficient (Wildman–Crippen LogP) is 2.21. The Morgan fingerprint density at radius 1 is 1.47 bits per heavy atom. The summed E-state index contributed by atoms with van der Waals surface area (Å²) >= 11 is 0. The maximum absolute atomic E-state index is 5.78. The number of nitrogens with zero attached hydrogens (tertiary/aromatic N) is 2. The van der Waals surface area contributed by atoms with Crippen LogP contribution in [0.25, 0.3) is 0 Å². The average molecular weight is 209 g/mol. The molecule has 3 heteroatoms. The first-order valence-corrected chi connectivity index (χ1v) is 5.64. The third-order valence-electron chi connectivity index (χ3n) is 2.41. The van der Waals surface area contributed by atoms with Crippen molar-refractivity contribution < 1.29 is 0 Å². The fourth-order valence-corrected chi connectivity index (χ4v) is 1.48. The molecule has 0 aliphatic rings. The van der Waals surface area contributed by atoms with Crippen molar-refractivity contribution in [1.29, 1.82) is 0 Å². The summed E-state index contributed by atoms with van der Waals surface area (Å²) in [4.78, 5) is 4.34. The highest BCUT2D eigenvalue weighted by Crippen LogP contribution is 2.19. The Kier molecular flexibility index (Phi) is 3.91. The van der Waals surface area contributed by atoms with Gasteiger partial charge in [0.1, 0.15) is 5.82 Å². The van der Waals surface area contributed by atoms with Crippen molar-refractivity contribution in [3.8, 4) is 0 Å².